The number of rotatable bonds is 10. The maximum absolute atomic E-state index is 14.5. The first-order valence-electron chi connectivity index (χ1n) is 17.1. The number of carbonyl (C=O) groups excluding carboxylic acids is 2. The lowest BCUT2D eigenvalue weighted by molar-refractivity contribution is -0.199. The summed E-state index contributed by atoms with van der Waals surface area (Å²) in [5, 5.41) is 12.9. The molecule has 2 aromatic carbocycles. The quantitative estimate of drug-likeness (QED) is 0.250. The molecule has 3 heterocycles. The van der Waals surface area contributed by atoms with Gasteiger partial charge in [-0.1, -0.05) is 80.8 Å². The molecule has 252 valence electrons. The van der Waals surface area contributed by atoms with Crippen LogP contribution in [0.1, 0.15) is 76.4 Å². The minimum Gasteiger partial charge on any atom is -0.404 e. The van der Waals surface area contributed by atoms with E-state index in [0.717, 1.165) is 29.2 Å². The zero-order chi connectivity index (χ0) is 33.8. The first-order valence-corrected chi connectivity index (χ1v) is 17.5. The Morgan fingerprint density at radius 1 is 1.06 bits per heavy atom. The van der Waals surface area contributed by atoms with Gasteiger partial charge in [-0.3, -0.25) is 14.6 Å². The molecule has 8 rings (SSSR count). The SMILES string of the molecule is CC(C)C[C@H](NC(=O)C1(Cc2ccc(Cl)cc2)CC(CNC(=O)c2nccc3ccccc23)=NO1)B1O[C@@H]2C[C@@H]3C[C@@H](C3(C)C)[C@]2(C)O1. The smallest absolute Gasteiger partial charge is 0.404 e. The Morgan fingerprint density at radius 3 is 2.58 bits per heavy atom. The summed E-state index contributed by atoms with van der Waals surface area (Å²) in [5.41, 5.74) is 0.265. The maximum atomic E-state index is 14.5. The number of amides is 2. The lowest BCUT2D eigenvalue weighted by Crippen LogP contribution is -2.65. The van der Waals surface area contributed by atoms with Crippen LogP contribution in [0.25, 0.3) is 10.8 Å². The highest BCUT2D eigenvalue weighted by atomic mass is 35.5. The highest BCUT2D eigenvalue weighted by molar-refractivity contribution is 6.48. The van der Waals surface area contributed by atoms with Gasteiger partial charge in [-0.2, -0.15) is 0 Å². The number of aromatic nitrogens is 1. The zero-order valence-electron chi connectivity index (χ0n) is 28.3. The van der Waals surface area contributed by atoms with Gasteiger partial charge in [-0.15, -0.1) is 0 Å². The second-order valence-electron chi connectivity index (χ2n) is 15.3. The Kier molecular flexibility index (Phi) is 8.57. The summed E-state index contributed by atoms with van der Waals surface area (Å²) in [4.78, 5) is 38.1. The van der Waals surface area contributed by atoms with Gasteiger partial charge in [0.25, 0.3) is 11.8 Å². The standard InChI is InChI=1S/C37H44BClN4O5/c1-22(2)16-31(38-46-30-18-25-17-29(35(25,3)4)36(30,5)47-38)42-34(45)37(19-23-10-12-26(39)13-11-23)20-27(43-48-37)21-41-33(44)32-28-9-7-6-8-24(28)14-15-40-32/h6-15,22,25,29-31H,16-21H2,1-5H3,(H,41,44)(H,42,45)/t25-,29-,30+,31-,36-,37?/m0/s1. The van der Waals surface area contributed by atoms with Crippen LogP contribution in [0.3, 0.4) is 0 Å². The van der Waals surface area contributed by atoms with Gasteiger partial charge in [0.2, 0.25) is 5.60 Å². The number of oxime groups is 1. The fourth-order valence-corrected chi connectivity index (χ4v) is 8.68. The van der Waals surface area contributed by atoms with E-state index >= 15 is 0 Å². The van der Waals surface area contributed by atoms with Gasteiger partial charge in [-0.05, 0) is 78.5 Å². The number of hydrogen-bond acceptors (Lipinski definition) is 7. The molecule has 2 aliphatic heterocycles. The van der Waals surface area contributed by atoms with Crippen LogP contribution in [0.2, 0.25) is 5.02 Å². The number of fused-ring (bicyclic) bond motifs is 1. The van der Waals surface area contributed by atoms with Crippen LogP contribution in [-0.4, -0.2) is 59.4 Å². The fraction of sp³-hybridized carbons (Fsp3) is 0.514. The van der Waals surface area contributed by atoms with E-state index in [0.29, 0.717) is 34.7 Å². The van der Waals surface area contributed by atoms with Crippen molar-refractivity contribution < 1.29 is 23.7 Å². The molecule has 5 aliphatic rings. The molecule has 48 heavy (non-hydrogen) atoms. The number of benzene rings is 2. The molecule has 1 unspecified atom stereocenters. The Morgan fingerprint density at radius 2 is 1.83 bits per heavy atom. The van der Waals surface area contributed by atoms with Crippen molar-refractivity contribution in [1.82, 2.24) is 15.6 Å². The summed E-state index contributed by atoms with van der Waals surface area (Å²) >= 11 is 6.18. The molecule has 0 radical (unpaired) electrons. The van der Waals surface area contributed by atoms with E-state index in [1.165, 1.54) is 0 Å². The van der Waals surface area contributed by atoms with Crippen molar-refractivity contribution in [3.8, 4) is 0 Å². The lowest BCUT2D eigenvalue weighted by atomic mass is 9.43. The number of nitrogens with one attached hydrogen (secondary N) is 2. The van der Waals surface area contributed by atoms with Gasteiger partial charge in [-0.25, -0.2) is 0 Å². The van der Waals surface area contributed by atoms with Gasteiger partial charge >= 0.3 is 7.12 Å². The highest BCUT2D eigenvalue weighted by Gasteiger charge is 2.68. The van der Waals surface area contributed by atoms with E-state index in [1.807, 2.05) is 42.5 Å². The third-order valence-corrected chi connectivity index (χ3v) is 11.6. The van der Waals surface area contributed by atoms with Crippen LogP contribution in [0.15, 0.2) is 65.9 Å². The summed E-state index contributed by atoms with van der Waals surface area (Å²) < 4.78 is 13.5. The van der Waals surface area contributed by atoms with E-state index in [9.17, 15) is 9.59 Å². The Balaban J connectivity index is 1.09. The van der Waals surface area contributed by atoms with Crippen LogP contribution in [0.5, 0.6) is 0 Å². The molecule has 0 spiro atoms. The van der Waals surface area contributed by atoms with Crippen molar-refractivity contribution in [2.24, 2.45) is 28.3 Å². The van der Waals surface area contributed by atoms with E-state index < -0.39 is 12.7 Å². The van der Waals surface area contributed by atoms with Crippen LogP contribution < -0.4 is 10.6 Å². The second-order valence-corrected chi connectivity index (χ2v) is 15.8. The van der Waals surface area contributed by atoms with Crippen molar-refractivity contribution in [2.45, 2.75) is 90.0 Å². The predicted molar refractivity (Wildman–Crippen MR) is 187 cm³/mol. The summed E-state index contributed by atoms with van der Waals surface area (Å²) in [6.45, 7) is 11.3. The van der Waals surface area contributed by atoms with Crippen molar-refractivity contribution >= 4 is 47.0 Å². The minimum atomic E-state index is -1.33. The molecule has 4 fully saturated rings. The first-order chi connectivity index (χ1) is 22.9. The number of hydrogen-bond donors (Lipinski definition) is 2. The average molecular weight is 671 g/mol. The summed E-state index contributed by atoms with van der Waals surface area (Å²) in [6, 6.07) is 16.9. The molecular formula is C37H44BClN4O5. The molecule has 1 saturated heterocycles. The highest BCUT2D eigenvalue weighted by Crippen LogP contribution is 2.65. The summed E-state index contributed by atoms with van der Waals surface area (Å²) in [6.07, 6.45) is 4.90. The average Bonchev–Trinajstić information content (AvgIpc) is 3.65. The second kappa shape index (κ2) is 12.5. The predicted octanol–water partition coefficient (Wildman–Crippen LogP) is 6.17. The Labute approximate surface area is 287 Å². The molecule has 6 atom stereocenters. The third kappa shape index (κ3) is 5.90. The van der Waals surface area contributed by atoms with Gasteiger partial charge in [0, 0.05) is 29.4 Å². The lowest BCUT2D eigenvalue weighted by Gasteiger charge is -2.64. The molecular weight excluding hydrogens is 627 g/mol. The van der Waals surface area contributed by atoms with Gasteiger partial charge in [0.15, 0.2) is 0 Å². The number of pyridine rings is 1. The van der Waals surface area contributed by atoms with Crippen LogP contribution in [-0.2, 0) is 25.4 Å². The summed E-state index contributed by atoms with van der Waals surface area (Å²) in [7, 11) is -0.566. The Hall–Kier alpha value is -3.47. The topological polar surface area (TPSA) is 111 Å². The third-order valence-electron chi connectivity index (χ3n) is 11.3. The van der Waals surface area contributed by atoms with Crippen LogP contribution in [0, 0.1) is 23.2 Å². The summed E-state index contributed by atoms with van der Waals surface area (Å²) in [5.74, 6) is 0.330. The minimum absolute atomic E-state index is 0.00590. The first kappa shape index (κ1) is 33.1. The van der Waals surface area contributed by atoms with Crippen molar-refractivity contribution in [2.75, 3.05) is 6.54 Å². The van der Waals surface area contributed by atoms with Crippen molar-refractivity contribution in [1.29, 1.82) is 0 Å². The number of nitrogens with zero attached hydrogens (tertiary/aromatic N) is 2. The number of carbonyl (C=O) groups is 2. The van der Waals surface area contributed by atoms with Crippen LogP contribution >= 0.6 is 11.6 Å². The van der Waals surface area contributed by atoms with E-state index in [1.54, 1.807) is 18.3 Å². The molecule has 2 bridgehead atoms. The molecule has 9 nitrogen and oxygen atoms in total. The molecule has 11 heteroatoms. The molecule has 3 saturated carbocycles. The van der Waals surface area contributed by atoms with Gasteiger partial charge in [0.1, 0.15) is 5.69 Å². The Bertz CT molecular complexity index is 1750. The van der Waals surface area contributed by atoms with E-state index in [-0.39, 0.29) is 60.2 Å². The van der Waals surface area contributed by atoms with Gasteiger partial charge in [0.05, 0.1) is 29.9 Å². The molecule has 3 aliphatic carbocycles. The van der Waals surface area contributed by atoms with E-state index in [4.69, 9.17) is 25.7 Å². The maximum Gasteiger partial charge on any atom is 0.481 e. The largest absolute Gasteiger partial charge is 0.481 e. The monoisotopic (exact) mass is 670 g/mol. The van der Waals surface area contributed by atoms with Crippen LogP contribution in [0.4, 0.5) is 0 Å². The van der Waals surface area contributed by atoms with E-state index in [2.05, 4.69) is 55.4 Å². The molecule has 2 amide bonds. The molecule has 3 aromatic rings. The molecule has 2 N–H and O–H groups in total. The van der Waals surface area contributed by atoms with Gasteiger partial charge < -0.3 is 24.8 Å². The molecule has 1 aromatic heterocycles. The normalized spacial score (nSPS) is 29.1. The number of halogens is 1. The van der Waals surface area contributed by atoms with Crippen molar-refractivity contribution in [3.63, 3.8) is 0 Å². The zero-order valence-corrected chi connectivity index (χ0v) is 29.0. The van der Waals surface area contributed by atoms with Crippen molar-refractivity contribution in [3.05, 3.63) is 77.1 Å². The fourth-order valence-electron chi connectivity index (χ4n) is 8.55.